The van der Waals surface area contributed by atoms with Crippen molar-refractivity contribution in [1.29, 1.82) is 0 Å². The maximum atomic E-state index is 11.7. The molecule has 0 aromatic heterocycles. The Kier molecular flexibility index (Phi) is 4.08. The molecule has 1 rings (SSSR count). The average Bonchev–Trinajstić information content (AvgIpc) is 2.21. The highest BCUT2D eigenvalue weighted by Gasteiger charge is 2.10. The quantitative estimate of drug-likeness (QED) is 0.363. The van der Waals surface area contributed by atoms with E-state index < -0.39 is 0 Å². The Morgan fingerprint density at radius 3 is 2.46 bits per heavy atom. The van der Waals surface area contributed by atoms with E-state index in [9.17, 15) is 4.79 Å². The van der Waals surface area contributed by atoms with Crippen molar-refractivity contribution < 1.29 is 4.79 Å². The minimum Gasteiger partial charge on any atom is -0.288 e. The van der Waals surface area contributed by atoms with Crippen molar-refractivity contribution in [2.45, 2.75) is 0 Å². The Balaban J connectivity index is 2.92. The van der Waals surface area contributed by atoms with E-state index in [1.54, 1.807) is 19.2 Å². The van der Waals surface area contributed by atoms with Crippen LogP contribution in [0.25, 0.3) is 0 Å². The lowest BCUT2D eigenvalue weighted by molar-refractivity contribution is 0.106. The number of carbonyl (C=O) groups excluding carboxylic acids is 1. The van der Waals surface area contributed by atoms with Gasteiger partial charge in [0, 0.05) is 17.0 Å². The Hall–Kier alpha value is -0.710. The molecule has 13 heavy (non-hydrogen) atoms. The third kappa shape index (κ3) is 2.62. The summed E-state index contributed by atoms with van der Waals surface area (Å²) < 4.78 is 0.655. The molecular formula is C10H10INO. The lowest BCUT2D eigenvalue weighted by Crippen LogP contribution is -2.15. The SMILES string of the molecule is CN=C(CI)C(=O)c1ccccc1. The van der Waals surface area contributed by atoms with Crippen LogP contribution in [0.5, 0.6) is 0 Å². The zero-order chi connectivity index (χ0) is 9.68. The summed E-state index contributed by atoms with van der Waals surface area (Å²) in [5.74, 6) is 0.0255. The highest BCUT2D eigenvalue weighted by Crippen LogP contribution is 2.03. The fraction of sp³-hybridized carbons (Fsp3) is 0.200. The van der Waals surface area contributed by atoms with Crippen LogP contribution in [0.4, 0.5) is 0 Å². The molecule has 0 aliphatic rings. The van der Waals surface area contributed by atoms with Crippen molar-refractivity contribution in [3.8, 4) is 0 Å². The Morgan fingerprint density at radius 2 is 2.00 bits per heavy atom. The van der Waals surface area contributed by atoms with Gasteiger partial charge in [-0.3, -0.25) is 9.79 Å². The number of nitrogens with zero attached hydrogens (tertiary/aromatic N) is 1. The predicted molar refractivity (Wildman–Crippen MR) is 63.0 cm³/mol. The molecule has 2 nitrogen and oxygen atoms in total. The lowest BCUT2D eigenvalue weighted by atomic mass is 10.1. The highest BCUT2D eigenvalue weighted by atomic mass is 127. The van der Waals surface area contributed by atoms with Crippen LogP contribution in [0.3, 0.4) is 0 Å². The number of rotatable bonds is 3. The van der Waals surface area contributed by atoms with Crippen molar-refractivity contribution in [2.75, 3.05) is 11.5 Å². The van der Waals surface area contributed by atoms with Gasteiger partial charge in [-0.15, -0.1) is 0 Å². The summed E-state index contributed by atoms with van der Waals surface area (Å²) in [6, 6.07) is 9.21. The fourth-order valence-electron chi connectivity index (χ4n) is 0.978. The van der Waals surface area contributed by atoms with E-state index in [0.717, 1.165) is 0 Å². The van der Waals surface area contributed by atoms with Crippen LogP contribution < -0.4 is 0 Å². The molecule has 0 radical (unpaired) electrons. The zero-order valence-electron chi connectivity index (χ0n) is 7.33. The molecule has 68 valence electrons. The van der Waals surface area contributed by atoms with Gasteiger partial charge in [0.15, 0.2) is 0 Å². The largest absolute Gasteiger partial charge is 0.288 e. The number of hydrogen-bond donors (Lipinski definition) is 0. The molecule has 0 fully saturated rings. The Bertz CT molecular complexity index is 319. The van der Waals surface area contributed by atoms with Crippen molar-refractivity contribution in [3.63, 3.8) is 0 Å². The Morgan fingerprint density at radius 1 is 1.38 bits per heavy atom. The topological polar surface area (TPSA) is 29.4 Å². The standard InChI is InChI=1S/C10H10INO/c1-12-9(7-11)10(13)8-5-3-2-4-6-8/h2-6H,7H2,1H3. The molecule has 0 spiro atoms. The molecule has 0 N–H and O–H groups in total. The van der Waals surface area contributed by atoms with Crippen LogP contribution >= 0.6 is 22.6 Å². The van der Waals surface area contributed by atoms with E-state index >= 15 is 0 Å². The van der Waals surface area contributed by atoms with E-state index in [0.29, 0.717) is 15.7 Å². The first-order valence-corrected chi connectivity index (χ1v) is 5.43. The Labute approximate surface area is 91.2 Å². The third-order valence-electron chi connectivity index (χ3n) is 1.69. The molecular weight excluding hydrogens is 277 g/mol. The maximum absolute atomic E-state index is 11.7. The summed E-state index contributed by atoms with van der Waals surface area (Å²) >= 11 is 2.14. The number of benzene rings is 1. The minimum atomic E-state index is 0.0255. The number of halogens is 1. The molecule has 1 aromatic carbocycles. The number of carbonyl (C=O) groups is 1. The van der Waals surface area contributed by atoms with Gasteiger partial charge < -0.3 is 0 Å². The van der Waals surface area contributed by atoms with E-state index in [1.807, 2.05) is 18.2 Å². The van der Waals surface area contributed by atoms with E-state index in [4.69, 9.17) is 0 Å². The van der Waals surface area contributed by atoms with Crippen LogP contribution in [-0.4, -0.2) is 23.0 Å². The monoisotopic (exact) mass is 287 g/mol. The molecule has 0 saturated carbocycles. The van der Waals surface area contributed by atoms with Crippen molar-refractivity contribution in [2.24, 2.45) is 4.99 Å². The van der Waals surface area contributed by atoms with Gasteiger partial charge in [0.25, 0.3) is 0 Å². The first-order chi connectivity index (χ1) is 6.29. The molecule has 0 amide bonds. The third-order valence-corrected chi connectivity index (χ3v) is 2.42. The summed E-state index contributed by atoms with van der Waals surface area (Å²) in [5.41, 5.74) is 1.33. The van der Waals surface area contributed by atoms with E-state index in [1.165, 1.54) is 0 Å². The average molecular weight is 287 g/mol. The molecule has 0 saturated heterocycles. The van der Waals surface area contributed by atoms with Crippen LogP contribution in [0, 0.1) is 0 Å². The molecule has 0 bridgehead atoms. The molecule has 0 unspecified atom stereocenters. The second-order valence-corrected chi connectivity index (χ2v) is 3.26. The number of ketones is 1. The van der Waals surface area contributed by atoms with Gasteiger partial charge in [0.05, 0.1) is 5.71 Å². The van der Waals surface area contributed by atoms with Gasteiger partial charge >= 0.3 is 0 Å². The fourth-order valence-corrected chi connectivity index (χ4v) is 1.67. The number of hydrogen-bond acceptors (Lipinski definition) is 2. The smallest absolute Gasteiger partial charge is 0.207 e. The number of alkyl halides is 1. The molecule has 0 aliphatic heterocycles. The predicted octanol–water partition coefficient (Wildman–Crippen LogP) is 2.38. The van der Waals surface area contributed by atoms with Crippen molar-refractivity contribution >= 4 is 34.1 Å². The maximum Gasteiger partial charge on any atom is 0.207 e. The molecule has 0 aliphatic carbocycles. The summed E-state index contributed by atoms with van der Waals surface area (Å²) in [7, 11) is 1.65. The minimum absolute atomic E-state index is 0.0255. The van der Waals surface area contributed by atoms with Gasteiger partial charge in [0.2, 0.25) is 5.78 Å². The molecule has 1 aromatic rings. The van der Waals surface area contributed by atoms with E-state index in [2.05, 4.69) is 27.6 Å². The van der Waals surface area contributed by atoms with Gasteiger partial charge in [0.1, 0.15) is 0 Å². The van der Waals surface area contributed by atoms with Gasteiger partial charge in [-0.2, -0.15) is 0 Å². The van der Waals surface area contributed by atoms with Crippen LogP contribution in [0.15, 0.2) is 35.3 Å². The first kappa shape index (κ1) is 10.4. The van der Waals surface area contributed by atoms with Gasteiger partial charge in [-0.1, -0.05) is 52.9 Å². The second kappa shape index (κ2) is 5.11. The summed E-state index contributed by atoms with van der Waals surface area (Å²) in [5, 5.41) is 0. The van der Waals surface area contributed by atoms with Gasteiger partial charge in [-0.05, 0) is 0 Å². The summed E-state index contributed by atoms with van der Waals surface area (Å²) in [6.45, 7) is 0. The molecule has 0 atom stereocenters. The summed E-state index contributed by atoms with van der Waals surface area (Å²) in [6.07, 6.45) is 0. The first-order valence-electron chi connectivity index (χ1n) is 3.91. The highest BCUT2D eigenvalue weighted by molar-refractivity contribution is 14.1. The molecule has 3 heteroatoms. The number of aliphatic imine (C=N–C) groups is 1. The van der Waals surface area contributed by atoms with Gasteiger partial charge in [-0.25, -0.2) is 0 Å². The van der Waals surface area contributed by atoms with E-state index in [-0.39, 0.29) is 5.78 Å². The van der Waals surface area contributed by atoms with Crippen LogP contribution in [-0.2, 0) is 0 Å². The van der Waals surface area contributed by atoms with Crippen molar-refractivity contribution in [3.05, 3.63) is 35.9 Å². The zero-order valence-corrected chi connectivity index (χ0v) is 9.48. The lowest BCUT2D eigenvalue weighted by Gasteiger charge is -2.00. The van der Waals surface area contributed by atoms with Crippen LogP contribution in [0.2, 0.25) is 0 Å². The summed E-state index contributed by atoms with van der Waals surface area (Å²) in [4.78, 5) is 15.6. The normalized spacial score (nSPS) is 11.4. The molecule has 0 heterocycles. The van der Waals surface area contributed by atoms with Crippen molar-refractivity contribution in [1.82, 2.24) is 0 Å². The second-order valence-electron chi connectivity index (χ2n) is 2.50. The van der Waals surface area contributed by atoms with Crippen LogP contribution in [0.1, 0.15) is 10.4 Å². The number of Topliss-reactive ketones (excluding diaryl/α,β-unsaturated/α-hetero) is 1.